The van der Waals surface area contributed by atoms with Crippen molar-refractivity contribution in [3.8, 4) is 0 Å². The van der Waals surface area contributed by atoms with Crippen LogP contribution in [0.15, 0.2) is 29.3 Å². The molecule has 14 heavy (non-hydrogen) atoms. The van der Waals surface area contributed by atoms with Crippen molar-refractivity contribution in [2.24, 2.45) is 4.99 Å². The molecule has 1 saturated carbocycles. The van der Waals surface area contributed by atoms with Gasteiger partial charge in [0.05, 0.1) is 10.4 Å². The van der Waals surface area contributed by atoms with Gasteiger partial charge in [-0.1, -0.05) is 18.2 Å². The molecule has 0 N–H and O–H groups in total. The van der Waals surface area contributed by atoms with Crippen molar-refractivity contribution < 1.29 is 0 Å². The van der Waals surface area contributed by atoms with Crippen molar-refractivity contribution >= 4 is 23.2 Å². The van der Waals surface area contributed by atoms with Gasteiger partial charge in [-0.25, -0.2) is 0 Å². The molecule has 1 aromatic rings. The fourth-order valence-electron chi connectivity index (χ4n) is 2.68. The van der Waals surface area contributed by atoms with E-state index >= 15 is 0 Å². The maximum atomic E-state index is 4.75. The van der Waals surface area contributed by atoms with E-state index in [1.165, 1.54) is 36.2 Å². The molecule has 1 fully saturated rings. The molecule has 0 amide bonds. The van der Waals surface area contributed by atoms with Crippen molar-refractivity contribution in [2.75, 3.05) is 6.26 Å². The fraction of sp³-hybridized carbons (Fsp3) is 0.417. The first-order valence-electron chi connectivity index (χ1n) is 5.09. The van der Waals surface area contributed by atoms with Crippen LogP contribution in [0, 0.1) is 0 Å². The fourth-order valence-corrected chi connectivity index (χ4v) is 3.80. The Morgan fingerprint density at radius 1 is 1.36 bits per heavy atom. The highest BCUT2D eigenvalue weighted by molar-refractivity contribution is 8.00. The summed E-state index contributed by atoms with van der Waals surface area (Å²) in [6, 6.07) is 8.60. The number of hydrogen-bond acceptors (Lipinski definition) is 2. The van der Waals surface area contributed by atoms with E-state index in [1.54, 1.807) is 0 Å². The minimum atomic E-state index is 0.247. The summed E-state index contributed by atoms with van der Waals surface area (Å²) >= 11 is 1.96. The van der Waals surface area contributed by atoms with E-state index < -0.39 is 0 Å². The maximum absolute atomic E-state index is 4.75. The third kappa shape index (κ3) is 0.897. The summed E-state index contributed by atoms with van der Waals surface area (Å²) in [6.07, 6.45) is 5.97. The van der Waals surface area contributed by atoms with Crippen LogP contribution in [0.4, 0.5) is 5.69 Å². The molecule has 0 radical (unpaired) electrons. The van der Waals surface area contributed by atoms with Crippen LogP contribution >= 0.6 is 11.8 Å². The Morgan fingerprint density at radius 2 is 2.21 bits per heavy atom. The number of hydrogen-bond donors (Lipinski definition) is 0. The Hall–Kier alpha value is -0.760. The molecule has 1 nitrogen and oxygen atoms in total. The van der Waals surface area contributed by atoms with E-state index in [0.717, 1.165) is 0 Å². The second kappa shape index (κ2) is 2.86. The van der Waals surface area contributed by atoms with Gasteiger partial charge in [-0.2, -0.15) is 0 Å². The zero-order valence-electron chi connectivity index (χ0n) is 8.29. The summed E-state index contributed by atoms with van der Waals surface area (Å²) in [7, 11) is 0. The molecule has 1 aliphatic carbocycles. The highest BCUT2D eigenvalue weighted by Gasteiger charge is 2.45. The Labute approximate surface area is 88.6 Å². The number of benzene rings is 1. The molecule has 72 valence electrons. The molecule has 3 rings (SSSR count). The normalized spacial score (nSPS) is 28.5. The molecule has 0 bridgehead atoms. The van der Waals surface area contributed by atoms with Crippen LogP contribution in [0.25, 0.3) is 0 Å². The van der Waals surface area contributed by atoms with Gasteiger partial charge in [-0.15, -0.1) is 11.8 Å². The molecule has 0 aromatic heterocycles. The van der Waals surface area contributed by atoms with Gasteiger partial charge in [0.1, 0.15) is 0 Å². The van der Waals surface area contributed by atoms with Gasteiger partial charge in [-0.3, -0.25) is 4.99 Å². The van der Waals surface area contributed by atoms with Gasteiger partial charge in [0, 0.05) is 5.71 Å². The molecule has 1 aromatic carbocycles. The van der Waals surface area contributed by atoms with Crippen LogP contribution in [0.3, 0.4) is 0 Å². The maximum Gasteiger partial charge on any atom is 0.0807 e. The lowest BCUT2D eigenvalue weighted by Gasteiger charge is -2.24. The highest BCUT2D eigenvalue weighted by atomic mass is 32.2. The van der Waals surface area contributed by atoms with Crippen molar-refractivity contribution in [2.45, 2.75) is 24.0 Å². The average Bonchev–Trinajstić information content (AvgIpc) is 2.73. The van der Waals surface area contributed by atoms with E-state index in [-0.39, 0.29) is 4.75 Å². The molecule has 1 atom stereocenters. The molecule has 1 aliphatic heterocycles. The molecule has 2 aliphatic rings. The Morgan fingerprint density at radius 3 is 3.07 bits per heavy atom. The van der Waals surface area contributed by atoms with Gasteiger partial charge in [0.25, 0.3) is 0 Å². The zero-order chi connectivity index (χ0) is 9.60. The van der Waals surface area contributed by atoms with E-state index in [0.29, 0.717) is 0 Å². The van der Waals surface area contributed by atoms with Gasteiger partial charge < -0.3 is 0 Å². The largest absolute Gasteiger partial charge is 0.256 e. The zero-order valence-corrected chi connectivity index (χ0v) is 9.10. The van der Waals surface area contributed by atoms with Crippen LogP contribution in [-0.2, 0) is 4.75 Å². The Bertz CT molecular complexity index is 411. The lowest BCUT2D eigenvalue weighted by atomic mass is 9.97. The quantitative estimate of drug-likeness (QED) is 0.680. The second-order valence-corrected chi connectivity index (χ2v) is 5.07. The average molecular weight is 203 g/mol. The lowest BCUT2D eigenvalue weighted by Crippen LogP contribution is -2.22. The number of nitrogens with zero attached hydrogens (tertiary/aromatic N) is 1. The molecule has 0 saturated heterocycles. The first kappa shape index (κ1) is 8.54. The summed E-state index contributed by atoms with van der Waals surface area (Å²) < 4.78 is 0.247. The van der Waals surface area contributed by atoms with Crippen LogP contribution in [0.2, 0.25) is 0 Å². The van der Waals surface area contributed by atoms with Crippen molar-refractivity contribution in [3.05, 3.63) is 29.8 Å². The highest BCUT2D eigenvalue weighted by Crippen LogP contribution is 2.54. The first-order chi connectivity index (χ1) is 6.87. The number of thioether (sulfide) groups is 1. The van der Waals surface area contributed by atoms with Crippen molar-refractivity contribution in [3.63, 3.8) is 0 Å². The minimum Gasteiger partial charge on any atom is -0.256 e. The first-order valence-corrected chi connectivity index (χ1v) is 6.32. The Balaban J connectivity index is 2.23. The predicted molar refractivity (Wildman–Crippen MR) is 62.6 cm³/mol. The van der Waals surface area contributed by atoms with E-state index in [9.17, 15) is 0 Å². The molecule has 1 unspecified atom stereocenters. The second-order valence-electron chi connectivity index (χ2n) is 3.96. The summed E-state index contributed by atoms with van der Waals surface area (Å²) in [5, 5.41) is 0. The van der Waals surface area contributed by atoms with Gasteiger partial charge in [0.15, 0.2) is 0 Å². The molecular weight excluding hydrogens is 190 g/mol. The predicted octanol–water partition coefficient (Wildman–Crippen LogP) is 3.51. The molecule has 2 heteroatoms. The topological polar surface area (TPSA) is 12.4 Å². The monoisotopic (exact) mass is 203 g/mol. The number of para-hydroxylation sites is 1. The van der Waals surface area contributed by atoms with Gasteiger partial charge in [-0.05, 0) is 37.1 Å². The number of rotatable bonds is 1. The third-order valence-corrected chi connectivity index (χ3v) is 4.71. The summed E-state index contributed by atoms with van der Waals surface area (Å²) in [5.41, 5.74) is 4.06. The number of aliphatic imine (C=N–C) groups is 1. The van der Waals surface area contributed by atoms with Gasteiger partial charge in [0.2, 0.25) is 0 Å². The molecule has 0 spiro atoms. The van der Waals surface area contributed by atoms with E-state index in [1.807, 2.05) is 11.8 Å². The molecule has 1 heterocycles. The summed E-state index contributed by atoms with van der Waals surface area (Å²) in [4.78, 5) is 4.75. The van der Waals surface area contributed by atoms with Crippen molar-refractivity contribution in [1.29, 1.82) is 0 Å². The minimum absolute atomic E-state index is 0.247. The van der Waals surface area contributed by atoms with E-state index in [2.05, 4.69) is 30.5 Å². The van der Waals surface area contributed by atoms with E-state index in [4.69, 9.17) is 4.99 Å². The van der Waals surface area contributed by atoms with Gasteiger partial charge >= 0.3 is 0 Å². The van der Waals surface area contributed by atoms with Crippen LogP contribution in [0.1, 0.15) is 24.8 Å². The molecular formula is C12H13NS. The third-order valence-electron chi connectivity index (χ3n) is 3.35. The summed E-state index contributed by atoms with van der Waals surface area (Å²) in [6.45, 7) is 0. The standard InChI is InChI=1S/C12H13NS/c1-14-12-8-4-7-11(12)13-10-6-3-2-5-9(10)12/h2-3,5-6H,4,7-8H2,1H3. The van der Waals surface area contributed by atoms with Crippen LogP contribution in [-0.4, -0.2) is 12.0 Å². The lowest BCUT2D eigenvalue weighted by molar-refractivity contribution is 0.767. The SMILES string of the molecule is CSC12CCCC1=Nc1ccccc12. The van der Waals surface area contributed by atoms with Crippen molar-refractivity contribution in [1.82, 2.24) is 0 Å². The summed E-state index contributed by atoms with van der Waals surface area (Å²) in [5.74, 6) is 0. The van der Waals surface area contributed by atoms with Crippen LogP contribution < -0.4 is 0 Å². The Kier molecular flexibility index (Phi) is 1.75. The smallest absolute Gasteiger partial charge is 0.0807 e. The number of fused-ring (bicyclic) bond motifs is 3. The van der Waals surface area contributed by atoms with Crippen LogP contribution in [0.5, 0.6) is 0 Å².